The van der Waals surface area contributed by atoms with Crippen LogP contribution in [0.3, 0.4) is 0 Å². The zero-order valence-corrected chi connectivity index (χ0v) is 11.9. The standard InChI is InChI=1S/C13H11ClINO/c14-12-6-9(4-5-13(12)17)8-16-11-3-1-2-10(15)7-11/h1-7,16-17H,8H2. The first-order chi connectivity index (χ1) is 8.15. The van der Waals surface area contributed by atoms with Crippen LogP contribution in [-0.2, 0) is 6.54 Å². The monoisotopic (exact) mass is 359 g/mol. The van der Waals surface area contributed by atoms with Crippen LogP contribution in [0.2, 0.25) is 5.02 Å². The molecular weight excluding hydrogens is 349 g/mol. The fourth-order valence-electron chi connectivity index (χ4n) is 1.46. The normalized spacial score (nSPS) is 10.2. The number of hydrogen-bond acceptors (Lipinski definition) is 2. The molecule has 0 saturated carbocycles. The number of nitrogens with one attached hydrogen (secondary N) is 1. The Morgan fingerprint density at radius 3 is 2.71 bits per heavy atom. The first-order valence-corrected chi connectivity index (χ1v) is 6.57. The molecule has 0 radical (unpaired) electrons. The number of aromatic hydroxyl groups is 1. The molecular formula is C13H11ClINO. The van der Waals surface area contributed by atoms with Crippen molar-refractivity contribution in [1.82, 2.24) is 0 Å². The summed E-state index contributed by atoms with van der Waals surface area (Å²) in [5.41, 5.74) is 2.10. The summed E-state index contributed by atoms with van der Waals surface area (Å²) in [6, 6.07) is 13.4. The Balaban J connectivity index is 2.05. The summed E-state index contributed by atoms with van der Waals surface area (Å²) in [5.74, 6) is 0.115. The van der Waals surface area contributed by atoms with Gasteiger partial charge in [-0.25, -0.2) is 0 Å². The molecule has 0 atom stereocenters. The van der Waals surface area contributed by atoms with Crippen LogP contribution in [0.1, 0.15) is 5.56 Å². The van der Waals surface area contributed by atoms with Crippen LogP contribution in [0.25, 0.3) is 0 Å². The molecule has 2 aromatic carbocycles. The van der Waals surface area contributed by atoms with Crippen molar-refractivity contribution in [2.45, 2.75) is 6.54 Å². The van der Waals surface area contributed by atoms with E-state index in [1.807, 2.05) is 24.3 Å². The quantitative estimate of drug-likeness (QED) is 0.803. The molecule has 0 bridgehead atoms. The number of halogens is 2. The Hall–Kier alpha value is -0.940. The Bertz CT molecular complexity index is 531. The van der Waals surface area contributed by atoms with E-state index in [0.29, 0.717) is 11.6 Å². The third-order valence-corrected chi connectivity index (χ3v) is 3.31. The van der Waals surface area contributed by atoms with Crippen LogP contribution < -0.4 is 5.32 Å². The van der Waals surface area contributed by atoms with E-state index in [1.54, 1.807) is 12.1 Å². The summed E-state index contributed by atoms with van der Waals surface area (Å²) in [4.78, 5) is 0. The van der Waals surface area contributed by atoms with Gasteiger partial charge in [0.2, 0.25) is 0 Å². The van der Waals surface area contributed by atoms with E-state index in [-0.39, 0.29) is 5.75 Å². The van der Waals surface area contributed by atoms with Crippen LogP contribution in [0.4, 0.5) is 5.69 Å². The first kappa shape index (κ1) is 12.5. The highest BCUT2D eigenvalue weighted by molar-refractivity contribution is 14.1. The van der Waals surface area contributed by atoms with E-state index in [9.17, 15) is 5.11 Å². The molecule has 88 valence electrons. The van der Waals surface area contributed by atoms with Crippen LogP contribution >= 0.6 is 34.2 Å². The highest BCUT2D eigenvalue weighted by Crippen LogP contribution is 2.24. The minimum absolute atomic E-state index is 0.115. The lowest BCUT2D eigenvalue weighted by atomic mass is 10.2. The van der Waals surface area contributed by atoms with Gasteiger partial charge in [0, 0.05) is 15.8 Å². The summed E-state index contributed by atoms with van der Waals surface area (Å²) in [5, 5.41) is 13.0. The molecule has 2 N–H and O–H groups in total. The van der Waals surface area contributed by atoms with Crippen molar-refractivity contribution in [1.29, 1.82) is 0 Å². The van der Waals surface area contributed by atoms with E-state index >= 15 is 0 Å². The maximum atomic E-state index is 9.31. The van der Waals surface area contributed by atoms with Crippen LogP contribution in [0, 0.1) is 3.57 Å². The molecule has 0 fully saturated rings. The van der Waals surface area contributed by atoms with E-state index in [0.717, 1.165) is 11.3 Å². The lowest BCUT2D eigenvalue weighted by Gasteiger charge is -2.07. The van der Waals surface area contributed by atoms with Crippen LogP contribution in [-0.4, -0.2) is 5.11 Å². The molecule has 0 aliphatic carbocycles. The van der Waals surface area contributed by atoms with E-state index in [1.165, 1.54) is 3.57 Å². The van der Waals surface area contributed by atoms with Crippen molar-refractivity contribution < 1.29 is 5.11 Å². The zero-order valence-electron chi connectivity index (χ0n) is 8.95. The largest absolute Gasteiger partial charge is 0.506 e. The number of hydrogen-bond donors (Lipinski definition) is 2. The van der Waals surface area contributed by atoms with Crippen molar-refractivity contribution in [3.05, 3.63) is 56.6 Å². The second-order valence-corrected chi connectivity index (χ2v) is 5.30. The number of phenols is 1. The topological polar surface area (TPSA) is 32.3 Å². The summed E-state index contributed by atoms with van der Waals surface area (Å²) < 4.78 is 1.19. The maximum Gasteiger partial charge on any atom is 0.134 e. The van der Waals surface area contributed by atoms with Gasteiger partial charge in [0.1, 0.15) is 5.75 Å². The second kappa shape index (κ2) is 5.60. The summed E-state index contributed by atoms with van der Waals surface area (Å²) in [7, 11) is 0. The molecule has 0 spiro atoms. The van der Waals surface area contributed by atoms with Crippen molar-refractivity contribution in [2.75, 3.05) is 5.32 Å². The minimum atomic E-state index is 0.115. The van der Waals surface area contributed by atoms with E-state index < -0.39 is 0 Å². The maximum absolute atomic E-state index is 9.31. The van der Waals surface area contributed by atoms with E-state index in [2.05, 4.69) is 34.0 Å². The number of anilines is 1. The van der Waals surface area contributed by atoms with E-state index in [4.69, 9.17) is 11.6 Å². The predicted octanol–water partition coefficient (Wildman–Crippen LogP) is 4.26. The van der Waals surface area contributed by atoms with Gasteiger partial charge in [-0.2, -0.15) is 0 Å². The first-order valence-electron chi connectivity index (χ1n) is 5.12. The minimum Gasteiger partial charge on any atom is -0.506 e. The third-order valence-electron chi connectivity index (χ3n) is 2.33. The van der Waals surface area contributed by atoms with Crippen LogP contribution in [0.5, 0.6) is 5.75 Å². The number of benzene rings is 2. The lowest BCUT2D eigenvalue weighted by molar-refractivity contribution is 0.475. The van der Waals surface area contributed by atoms with Gasteiger partial charge in [-0.1, -0.05) is 23.7 Å². The molecule has 0 heterocycles. The molecule has 2 rings (SSSR count). The molecule has 4 heteroatoms. The molecule has 0 saturated heterocycles. The van der Waals surface area contributed by atoms with Gasteiger partial charge in [-0.3, -0.25) is 0 Å². The predicted molar refractivity (Wildman–Crippen MR) is 79.6 cm³/mol. The number of rotatable bonds is 3. The summed E-state index contributed by atoms with van der Waals surface area (Å²) in [6.07, 6.45) is 0. The highest BCUT2D eigenvalue weighted by atomic mass is 127. The summed E-state index contributed by atoms with van der Waals surface area (Å²) >= 11 is 8.12. The van der Waals surface area contributed by atoms with Gasteiger partial charge in [0.15, 0.2) is 0 Å². The average molecular weight is 360 g/mol. The number of phenolic OH excluding ortho intramolecular Hbond substituents is 1. The van der Waals surface area contributed by atoms with Gasteiger partial charge in [-0.05, 0) is 58.5 Å². The van der Waals surface area contributed by atoms with Crippen molar-refractivity contribution in [3.8, 4) is 5.75 Å². The van der Waals surface area contributed by atoms with Gasteiger partial charge in [0.05, 0.1) is 5.02 Å². The van der Waals surface area contributed by atoms with Gasteiger partial charge < -0.3 is 10.4 Å². The highest BCUT2D eigenvalue weighted by Gasteiger charge is 2.00. The Labute approximate surface area is 119 Å². The molecule has 2 nitrogen and oxygen atoms in total. The molecule has 0 unspecified atom stereocenters. The Kier molecular flexibility index (Phi) is 4.12. The molecule has 0 aliphatic rings. The van der Waals surface area contributed by atoms with Gasteiger partial charge >= 0.3 is 0 Å². The second-order valence-electron chi connectivity index (χ2n) is 3.65. The smallest absolute Gasteiger partial charge is 0.134 e. The molecule has 0 amide bonds. The molecule has 0 aromatic heterocycles. The lowest BCUT2D eigenvalue weighted by Crippen LogP contribution is -1.99. The average Bonchev–Trinajstić information content (AvgIpc) is 2.31. The van der Waals surface area contributed by atoms with Crippen molar-refractivity contribution in [2.24, 2.45) is 0 Å². The fraction of sp³-hybridized carbons (Fsp3) is 0.0769. The third kappa shape index (κ3) is 3.51. The van der Waals surface area contributed by atoms with Crippen molar-refractivity contribution >= 4 is 39.9 Å². The SMILES string of the molecule is Oc1ccc(CNc2cccc(I)c2)cc1Cl. The Morgan fingerprint density at radius 2 is 2.00 bits per heavy atom. The Morgan fingerprint density at radius 1 is 1.18 bits per heavy atom. The summed E-state index contributed by atoms with van der Waals surface area (Å²) in [6.45, 7) is 0.681. The van der Waals surface area contributed by atoms with Crippen LogP contribution in [0.15, 0.2) is 42.5 Å². The zero-order chi connectivity index (χ0) is 12.3. The molecule has 2 aromatic rings. The fourth-order valence-corrected chi connectivity index (χ4v) is 2.21. The van der Waals surface area contributed by atoms with Gasteiger partial charge in [-0.15, -0.1) is 0 Å². The molecule has 17 heavy (non-hydrogen) atoms. The van der Waals surface area contributed by atoms with Crippen molar-refractivity contribution in [3.63, 3.8) is 0 Å². The van der Waals surface area contributed by atoms with Gasteiger partial charge in [0.25, 0.3) is 0 Å². The molecule has 0 aliphatic heterocycles.